The molecule has 2 nitrogen and oxygen atoms in total. The Morgan fingerprint density at radius 1 is 1.25 bits per heavy atom. The van der Waals surface area contributed by atoms with Crippen molar-refractivity contribution in [3.05, 3.63) is 35.1 Å². The molecule has 0 radical (unpaired) electrons. The summed E-state index contributed by atoms with van der Waals surface area (Å²) in [6, 6.07) is 6.29. The van der Waals surface area contributed by atoms with E-state index in [1.54, 1.807) is 23.1 Å². The van der Waals surface area contributed by atoms with Gasteiger partial charge < -0.3 is 0 Å². The molecule has 0 aliphatic carbocycles. The van der Waals surface area contributed by atoms with E-state index in [4.69, 9.17) is 5.26 Å². The Kier molecular flexibility index (Phi) is 4.29. The van der Waals surface area contributed by atoms with Gasteiger partial charge in [-0.25, -0.2) is 4.39 Å². The lowest BCUT2D eigenvalue weighted by molar-refractivity contribution is -0.185. The van der Waals surface area contributed by atoms with Gasteiger partial charge in [-0.2, -0.15) is 18.4 Å². The second-order valence-electron chi connectivity index (χ2n) is 4.98. The second-order valence-corrected chi connectivity index (χ2v) is 4.98. The smallest absolute Gasteiger partial charge is 0.299 e. The Morgan fingerprint density at radius 3 is 2.45 bits per heavy atom. The van der Waals surface area contributed by atoms with Gasteiger partial charge in [-0.3, -0.25) is 4.90 Å². The van der Waals surface area contributed by atoms with E-state index in [0.29, 0.717) is 18.7 Å². The lowest BCUT2D eigenvalue weighted by Gasteiger charge is -2.32. The van der Waals surface area contributed by atoms with Crippen LogP contribution in [0.5, 0.6) is 0 Å². The molecule has 1 aliphatic rings. The molecule has 0 N–H and O–H groups in total. The molecule has 0 saturated carbocycles. The van der Waals surface area contributed by atoms with E-state index in [9.17, 15) is 17.6 Å². The van der Waals surface area contributed by atoms with Crippen molar-refractivity contribution in [2.75, 3.05) is 13.1 Å². The number of nitriles is 1. The fourth-order valence-electron chi connectivity index (χ4n) is 2.45. The number of likely N-dealkylation sites (tertiary alicyclic amines) is 1. The van der Waals surface area contributed by atoms with Crippen LogP contribution in [0.2, 0.25) is 0 Å². The van der Waals surface area contributed by atoms with Crippen molar-refractivity contribution in [2.45, 2.75) is 25.6 Å². The molecule has 0 amide bonds. The normalized spacial score (nSPS) is 17.9. The van der Waals surface area contributed by atoms with E-state index in [2.05, 4.69) is 0 Å². The van der Waals surface area contributed by atoms with Crippen molar-refractivity contribution in [1.29, 1.82) is 5.26 Å². The van der Waals surface area contributed by atoms with Crippen molar-refractivity contribution >= 4 is 0 Å². The van der Waals surface area contributed by atoms with E-state index in [0.717, 1.165) is 0 Å². The molecule has 108 valence electrons. The van der Waals surface area contributed by atoms with Crippen LogP contribution in [0.1, 0.15) is 24.0 Å². The van der Waals surface area contributed by atoms with Crippen molar-refractivity contribution in [3.63, 3.8) is 0 Å². The molecule has 1 aliphatic heterocycles. The predicted octanol–water partition coefficient (Wildman–Crippen LogP) is 3.47. The lowest BCUT2D eigenvalue weighted by Crippen LogP contribution is -2.38. The Balaban J connectivity index is 1.99. The van der Waals surface area contributed by atoms with Crippen LogP contribution in [0.4, 0.5) is 17.6 Å². The molecule has 0 unspecified atom stereocenters. The number of hydrogen-bond acceptors (Lipinski definition) is 2. The second kappa shape index (κ2) is 5.80. The third kappa shape index (κ3) is 3.28. The Bertz CT molecular complexity index is 511. The number of benzene rings is 1. The molecule has 6 heteroatoms. The summed E-state index contributed by atoms with van der Waals surface area (Å²) in [6.07, 6.45) is -4.05. The SMILES string of the molecule is N#Cc1cccc(CN2CCC(C(F)(F)F)CC2)c1F. The summed E-state index contributed by atoms with van der Waals surface area (Å²) < 4.78 is 51.5. The zero-order chi connectivity index (χ0) is 14.8. The van der Waals surface area contributed by atoms with Gasteiger partial charge in [0, 0.05) is 12.1 Å². The number of alkyl halides is 3. The maximum atomic E-state index is 13.9. The maximum Gasteiger partial charge on any atom is 0.391 e. The van der Waals surface area contributed by atoms with Crippen molar-refractivity contribution in [2.24, 2.45) is 5.92 Å². The first-order valence-electron chi connectivity index (χ1n) is 6.38. The molecular weight excluding hydrogens is 272 g/mol. The highest BCUT2D eigenvalue weighted by Crippen LogP contribution is 2.34. The van der Waals surface area contributed by atoms with E-state index in [1.807, 2.05) is 0 Å². The minimum absolute atomic E-state index is 0.0346. The highest BCUT2D eigenvalue weighted by atomic mass is 19.4. The van der Waals surface area contributed by atoms with Gasteiger partial charge in [-0.1, -0.05) is 12.1 Å². The van der Waals surface area contributed by atoms with Crippen LogP contribution in [0.25, 0.3) is 0 Å². The van der Waals surface area contributed by atoms with Gasteiger partial charge in [0.25, 0.3) is 0 Å². The van der Waals surface area contributed by atoms with Gasteiger partial charge in [-0.05, 0) is 32.0 Å². The van der Waals surface area contributed by atoms with Gasteiger partial charge in [0.1, 0.15) is 11.9 Å². The molecule has 1 saturated heterocycles. The molecule has 1 heterocycles. The van der Waals surface area contributed by atoms with E-state index in [-0.39, 0.29) is 24.9 Å². The Hall–Kier alpha value is -1.61. The summed E-state index contributed by atoms with van der Waals surface area (Å²) in [7, 11) is 0. The molecule has 0 aromatic heterocycles. The predicted molar refractivity (Wildman–Crippen MR) is 65.2 cm³/mol. The minimum atomic E-state index is -4.14. The van der Waals surface area contributed by atoms with E-state index >= 15 is 0 Å². The van der Waals surface area contributed by atoms with E-state index < -0.39 is 17.9 Å². The molecule has 0 atom stereocenters. The van der Waals surface area contributed by atoms with Crippen LogP contribution >= 0.6 is 0 Å². The highest BCUT2D eigenvalue weighted by Gasteiger charge is 2.41. The van der Waals surface area contributed by atoms with Gasteiger partial charge >= 0.3 is 6.18 Å². The zero-order valence-corrected chi connectivity index (χ0v) is 10.8. The topological polar surface area (TPSA) is 27.0 Å². The molecule has 20 heavy (non-hydrogen) atoms. The van der Waals surface area contributed by atoms with Crippen LogP contribution in [0, 0.1) is 23.1 Å². The average molecular weight is 286 g/mol. The quantitative estimate of drug-likeness (QED) is 0.778. The van der Waals surface area contributed by atoms with Crippen LogP contribution in [-0.4, -0.2) is 24.2 Å². The molecule has 1 aromatic carbocycles. The molecule has 1 aromatic rings. The molecule has 2 rings (SSSR count). The summed E-state index contributed by atoms with van der Waals surface area (Å²) in [6.45, 7) is 0.826. The number of rotatable bonds is 2. The summed E-state index contributed by atoms with van der Waals surface area (Å²) in [5, 5.41) is 8.74. The number of hydrogen-bond donors (Lipinski definition) is 0. The minimum Gasteiger partial charge on any atom is -0.299 e. The summed E-state index contributed by atoms with van der Waals surface area (Å²) in [5.41, 5.74) is 0.321. The molecule has 0 bridgehead atoms. The van der Waals surface area contributed by atoms with Gasteiger partial charge in [0.05, 0.1) is 11.5 Å². The third-order valence-electron chi connectivity index (χ3n) is 3.64. The average Bonchev–Trinajstić information content (AvgIpc) is 2.41. The Morgan fingerprint density at radius 2 is 1.90 bits per heavy atom. The van der Waals surface area contributed by atoms with Crippen LogP contribution in [-0.2, 0) is 6.54 Å². The van der Waals surface area contributed by atoms with Crippen molar-refractivity contribution in [1.82, 2.24) is 4.90 Å². The summed E-state index contributed by atoms with van der Waals surface area (Å²) in [4.78, 5) is 1.79. The first-order valence-corrected chi connectivity index (χ1v) is 6.38. The summed E-state index contributed by atoms with van der Waals surface area (Å²) in [5.74, 6) is -1.83. The fraction of sp³-hybridized carbons (Fsp3) is 0.500. The fourth-order valence-corrected chi connectivity index (χ4v) is 2.45. The molecule has 0 spiro atoms. The zero-order valence-electron chi connectivity index (χ0n) is 10.8. The van der Waals surface area contributed by atoms with Gasteiger partial charge in [0.2, 0.25) is 0 Å². The first-order chi connectivity index (χ1) is 9.41. The first kappa shape index (κ1) is 14.8. The van der Waals surface area contributed by atoms with Gasteiger partial charge in [-0.15, -0.1) is 0 Å². The highest BCUT2D eigenvalue weighted by molar-refractivity contribution is 5.34. The largest absolute Gasteiger partial charge is 0.391 e. The van der Waals surface area contributed by atoms with Gasteiger partial charge in [0.15, 0.2) is 0 Å². The number of halogens is 4. The van der Waals surface area contributed by atoms with Crippen LogP contribution < -0.4 is 0 Å². The van der Waals surface area contributed by atoms with Crippen molar-refractivity contribution in [3.8, 4) is 6.07 Å². The van der Waals surface area contributed by atoms with E-state index in [1.165, 1.54) is 6.07 Å². The van der Waals surface area contributed by atoms with Crippen LogP contribution in [0.3, 0.4) is 0 Å². The molecule has 1 fully saturated rings. The Labute approximate surface area is 114 Å². The molecular formula is C14H14F4N2. The lowest BCUT2D eigenvalue weighted by atomic mass is 9.96. The third-order valence-corrected chi connectivity index (χ3v) is 3.64. The van der Waals surface area contributed by atoms with Crippen molar-refractivity contribution < 1.29 is 17.6 Å². The number of piperidine rings is 1. The number of nitrogens with zero attached hydrogens (tertiary/aromatic N) is 2. The summed E-state index contributed by atoms with van der Waals surface area (Å²) >= 11 is 0. The van der Waals surface area contributed by atoms with Crippen LogP contribution in [0.15, 0.2) is 18.2 Å². The monoisotopic (exact) mass is 286 g/mol. The standard InChI is InChI=1S/C14H14F4N2/c15-13-10(8-19)2-1-3-11(13)9-20-6-4-12(5-7-20)14(16,17)18/h1-3,12H,4-7,9H2. The maximum absolute atomic E-state index is 13.9.